The third-order valence-electron chi connectivity index (χ3n) is 10.2. The molecule has 0 aliphatic rings. The van der Waals surface area contributed by atoms with Crippen LogP contribution in [0.3, 0.4) is 0 Å². The van der Waals surface area contributed by atoms with E-state index in [1.165, 1.54) is 10.8 Å². The first-order valence-electron chi connectivity index (χ1n) is 18.6. The highest BCUT2D eigenvalue weighted by Gasteiger charge is 2.22. The fourth-order valence-electron chi connectivity index (χ4n) is 7.68. The maximum atomic E-state index is 5.92. The number of benzene rings is 7. The summed E-state index contributed by atoms with van der Waals surface area (Å²) in [5.41, 5.74) is 10.9. The van der Waals surface area contributed by atoms with Gasteiger partial charge in [0.05, 0.1) is 16.7 Å². The zero-order valence-electron chi connectivity index (χ0n) is 30.4. The summed E-state index contributed by atoms with van der Waals surface area (Å²) >= 11 is 0. The Balaban J connectivity index is 1.24. The van der Waals surface area contributed by atoms with Crippen molar-refractivity contribution in [2.24, 2.45) is 0 Å². The van der Waals surface area contributed by atoms with Crippen molar-refractivity contribution in [3.8, 4) is 50.7 Å². The van der Waals surface area contributed by atoms with Crippen LogP contribution in [0.15, 0.2) is 186 Å². The Morgan fingerprint density at radius 3 is 1.55 bits per heavy atom. The predicted octanol–water partition coefficient (Wildman–Crippen LogP) is 11.3. The van der Waals surface area contributed by atoms with Gasteiger partial charge in [0.2, 0.25) is 0 Å². The van der Waals surface area contributed by atoms with Gasteiger partial charge in [-0.25, -0.2) is 15.0 Å². The second-order valence-corrected chi connectivity index (χ2v) is 13.7. The Hall–Kier alpha value is -7.63. The van der Waals surface area contributed by atoms with E-state index in [9.17, 15) is 0 Å². The van der Waals surface area contributed by atoms with E-state index in [2.05, 4.69) is 132 Å². The van der Waals surface area contributed by atoms with Gasteiger partial charge in [-0.2, -0.15) is 0 Å². The number of allylic oxidation sites excluding steroid dienone is 1. The summed E-state index contributed by atoms with van der Waals surface area (Å²) < 4.78 is 8.33. The molecule has 0 bridgehead atoms. The lowest BCUT2D eigenvalue weighted by Crippen LogP contribution is -2.17. The number of para-hydroxylation sites is 3. The standard InChI is InChI=1S/C51H34N4O/c1-34-39(42-26-13-16-30-47(42)56-34)27-17-31-48-52-50(37-22-9-4-10-23-37)54-51(53-48)38-32-43(35-18-5-2-6-19-35)49(44(33-38)36-20-7-3-8-21-36)55-45-28-14-11-24-40(45)41-25-12-15-29-46(41)55/h2-33H,1H2/b31-17+,39-27+. The first kappa shape index (κ1) is 33.0. The molecule has 0 radical (unpaired) electrons. The van der Waals surface area contributed by atoms with Crippen molar-refractivity contribution in [1.29, 1.82) is 0 Å². The average molecular weight is 719 g/mol. The molecule has 10 aromatic rings. The minimum absolute atomic E-state index is 0.539. The van der Waals surface area contributed by atoms with Crippen LogP contribution in [0.5, 0.6) is 0 Å². The summed E-state index contributed by atoms with van der Waals surface area (Å²) in [5.74, 6) is 1.71. The molecule has 0 N–H and O–H groups in total. The molecule has 0 saturated heterocycles. The number of furan rings is 1. The second-order valence-electron chi connectivity index (χ2n) is 13.7. The number of rotatable bonds is 7. The molecule has 264 valence electrons. The quantitative estimate of drug-likeness (QED) is 0.165. The smallest absolute Gasteiger partial charge is 0.164 e. The lowest BCUT2D eigenvalue weighted by atomic mass is 9.92. The monoisotopic (exact) mass is 718 g/mol. The molecule has 0 fully saturated rings. The van der Waals surface area contributed by atoms with Crippen LogP contribution < -0.4 is 10.6 Å². The van der Waals surface area contributed by atoms with E-state index < -0.39 is 0 Å². The molecule has 0 unspecified atom stereocenters. The van der Waals surface area contributed by atoms with Crippen LogP contribution in [0, 0.1) is 0 Å². The molecule has 56 heavy (non-hydrogen) atoms. The van der Waals surface area contributed by atoms with E-state index in [1.807, 2.05) is 72.8 Å². The Labute approximate surface area is 323 Å². The predicted molar refractivity (Wildman–Crippen MR) is 230 cm³/mol. The first-order chi connectivity index (χ1) is 27.7. The first-order valence-corrected chi connectivity index (χ1v) is 18.6. The number of nitrogens with zero attached hydrogens (tertiary/aromatic N) is 4. The van der Waals surface area contributed by atoms with E-state index in [1.54, 1.807) is 0 Å². The van der Waals surface area contributed by atoms with Gasteiger partial charge in [0, 0.05) is 43.6 Å². The van der Waals surface area contributed by atoms with Gasteiger partial charge in [0.15, 0.2) is 17.5 Å². The second kappa shape index (κ2) is 14.0. The maximum Gasteiger partial charge on any atom is 0.164 e. The molecule has 0 aliphatic carbocycles. The van der Waals surface area contributed by atoms with Crippen molar-refractivity contribution in [3.63, 3.8) is 0 Å². The Morgan fingerprint density at radius 1 is 0.482 bits per heavy atom. The number of hydrogen-bond acceptors (Lipinski definition) is 4. The molecule has 5 nitrogen and oxygen atoms in total. The van der Waals surface area contributed by atoms with E-state index in [0.717, 1.165) is 66.3 Å². The molecule has 0 atom stereocenters. The van der Waals surface area contributed by atoms with E-state index >= 15 is 0 Å². The third kappa shape index (κ3) is 5.88. The van der Waals surface area contributed by atoms with Crippen molar-refractivity contribution in [2.45, 2.75) is 0 Å². The van der Waals surface area contributed by atoms with Crippen molar-refractivity contribution < 1.29 is 4.42 Å². The van der Waals surface area contributed by atoms with Gasteiger partial charge in [0.1, 0.15) is 11.0 Å². The zero-order chi connectivity index (χ0) is 37.4. The van der Waals surface area contributed by atoms with Gasteiger partial charge in [-0.05, 0) is 47.5 Å². The van der Waals surface area contributed by atoms with E-state index in [0.29, 0.717) is 22.9 Å². The Morgan fingerprint density at radius 2 is 0.964 bits per heavy atom. The third-order valence-corrected chi connectivity index (χ3v) is 10.2. The van der Waals surface area contributed by atoms with Crippen LogP contribution in [0.2, 0.25) is 0 Å². The van der Waals surface area contributed by atoms with Gasteiger partial charge in [-0.1, -0.05) is 164 Å². The van der Waals surface area contributed by atoms with Crippen LogP contribution >= 0.6 is 0 Å². The van der Waals surface area contributed by atoms with E-state index in [-0.39, 0.29) is 0 Å². The molecule has 3 aromatic heterocycles. The van der Waals surface area contributed by atoms with Crippen molar-refractivity contribution in [1.82, 2.24) is 19.5 Å². The summed E-state index contributed by atoms with van der Waals surface area (Å²) in [4.78, 5) is 15.2. The lowest BCUT2D eigenvalue weighted by molar-refractivity contribution is 0.577. The number of aromatic nitrogens is 4. The molecule has 5 heteroatoms. The largest absolute Gasteiger partial charge is 0.457 e. The summed E-state index contributed by atoms with van der Waals surface area (Å²) in [6.45, 7) is 4.14. The van der Waals surface area contributed by atoms with Crippen molar-refractivity contribution in [2.75, 3.05) is 0 Å². The fraction of sp³-hybridized carbons (Fsp3) is 0. The highest BCUT2D eigenvalue weighted by molar-refractivity contribution is 6.10. The lowest BCUT2D eigenvalue weighted by Gasteiger charge is -2.21. The maximum absolute atomic E-state index is 5.92. The molecule has 3 heterocycles. The van der Waals surface area contributed by atoms with Crippen LogP contribution in [-0.4, -0.2) is 19.5 Å². The van der Waals surface area contributed by atoms with Crippen molar-refractivity contribution in [3.05, 3.63) is 198 Å². The van der Waals surface area contributed by atoms with Gasteiger partial charge in [-0.15, -0.1) is 0 Å². The van der Waals surface area contributed by atoms with Gasteiger partial charge < -0.3 is 8.98 Å². The van der Waals surface area contributed by atoms with E-state index in [4.69, 9.17) is 19.4 Å². The van der Waals surface area contributed by atoms with Crippen LogP contribution in [0.4, 0.5) is 0 Å². The summed E-state index contributed by atoms with van der Waals surface area (Å²) in [6.07, 6.45) is 5.87. The molecule has 7 aromatic carbocycles. The average Bonchev–Trinajstić information content (AvgIpc) is 3.77. The minimum Gasteiger partial charge on any atom is -0.457 e. The van der Waals surface area contributed by atoms with Gasteiger partial charge in [-0.3, -0.25) is 0 Å². The van der Waals surface area contributed by atoms with Crippen LogP contribution in [0.25, 0.3) is 102 Å². The number of hydrogen-bond donors (Lipinski definition) is 0. The van der Waals surface area contributed by atoms with Gasteiger partial charge in [0.25, 0.3) is 0 Å². The highest BCUT2D eigenvalue weighted by Crippen LogP contribution is 2.43. The Kier molecular flexibility index (Phi) is 8.23. The highest BCUT2D eigenvalue weighted by atomic mass is 16.3. The Bertz CT molecular complexity index is 3090. The molecular formula is C51H34N4O. The molecule has 10 rings (SSSR count). The number of fused-ring (bicyclic) bond motifs is 4. The molecule has 0 saturated carbocycles. The molecule has 0 aliphatic heterocycles. The minimum atomic E-state index is 0.539. The fourth-order valence-corrected chi connectivity index (χ4v) is 7.68. The normalized spacial score (nSPS) is 12.0. The van der Waals surface area contributed by atoms with Crippen LogP contribution in [-0.2, 0) is 0 Å². The van der Waals surface area contributed by atoms with Crippen molar-refractivity contribution >= 4 is 51.5 Å². The molecular weight excluding hydrogens is 685 g/mol. The zero-order valence-corrected chi connectivity index (χ0v) is 30.4. The summed E-state index contributed by atoms with van der Waals surface area (Å²) in [7, 11) is 0. The summed E-state index contributed by atoms with van der Waals surface area (Å²) in [5, 5.41) is 4.35. The summed E-state index contributed by atoms with van der Waals surface area (Å²) in [6, 6.07) is 61.0. The SMILES string of the molecule is C=c1oc2ccccc2/c1=C/C=C/c1nc(-c2ccccc2)nc(-c2cc(-c3ccccc3)c(-n3c4ccccc4c4ccccc43)c(-c3ccccc3)c2)n1. The van der Waals surface area contributed by atoms with Gasteiger partial charge >= 0.3 is 0 Å². The molecule has 0 amide bonds. The van der Waals surface area contributed by atoms with Crippen LogP contribution in [0.1, 0.15) is 5.82 Å². The topological polar surface area (TPSA) is 56.7 Å². The molecule has 0 spiro atoms.